The zero-order valence-corrected chi connectivity index (χ0v) is 12.4. The monoisotopic (exact) mass is 278 g/mol. The van der Waals surface area contributed by atoms with Crippen molar-refractivity contribution in [1.29, 1.82) is 0 Å². The van der Waals surface area contributed by atoms with Crippen molar-refractivity contribution in [2.75, 3.05) is 19.3 Å². The summed E-state index contributed by atoms with van der Waals surface area (Å²) in [5, 5.41) is 3.30. The molecule has 0 aliphatic rings. The number of benzene rings is 1. The Labute approximate surface area is 117 Å². The van der Waals surface area contributed by atoms with E-state index in [0.29, 0.717) is 0 Å². The summed E-state index contributed by atoms with van der Waals surface area (Å²) in [5.74, 6) is 1.11. The van der Waals surface area contributed by atoms with Gasteiger partial charge in [0, 0.05) is 29.1 Å². The van der Waals surface area contributed by atoms with Gasteiger partial charge in [-0.2, -0.15) is 0 Å². The van der Waals surface area contributed by atoms with E-state index >= 15 is 0 Å². The number of nitrogens with zero attached hydrogens (tertiary/aromatic N) is 2. The molecular weight excluding hydrogens is 260 g/mol. The van der Waals surface area contributed by atoms with Crippen LogP contribution < -0.4 is 0 Å². The highest BCUT2D eigenvalue weighted by Crippen LogP contribution is 2.17. The Kier molecular flexibility index (Phi) is 5.23. The van der Waals surface area contributed by atoms with E-state index in [1.54, 1.807) is 11.3 Å². The lowest BCUT2D eigenvalue weighted by molar-refractivity contribution is 0.345. The molecule has 0 amide bonds. The van der Waals surface area contributed by atoms with Gasteiger partial charge in [-0.3, -0.25) is 4.90 Å². The molecule has 4 heteroatoms. The molecular formula is C14H18N2S2. The number of aryl methyl sites for hydroxylation is 1. The summed E-state index contributed by atoms with van der Waals surface area (Å²) in [6.45, 7) is 4.08. The third-order valence-electron chi connectivity index (χ3n) is 2.58. The maximum absolute atomic E-state index is 4.49. The van der Waals surface area contributed by atoms with Crippen molar-refractivity contribution in [3.8, 4) is 0 Å². The second kappa shape index (κ2) is 6.92. The molecule has 0 aliphatic carbocycles. The van der Waals surface area contributed by atoms with Crippen LogP contribution in [0.25, 0.3) is 0 Å². The SMILES string of the molecule is Cc1nc(CN(C)CCSc2ccccc2)cs1. The minimum absolute atomic E-state index is 0.944. The molecule has 2 nitrogen and oxygen atoms in total. The third kappa shape index (κ3) is 4.44. The third-order valence-corrected chi connectivity index (χ3v) is 4.40. The van der Waals surface area contributed by atoms with Crippen molar-refractivity contribution in [3.05, 3.63) is 46.4 Å². The van der Waals surface area contributed by atoms with Crippen molar-refractivity contribution < 1.29 is 0 Å². The zero-order chi connectivity index (χ0) is 12.8. The first-order valence-corrected chi connectivity index (χ1v) is 7.88. The molecule has 1 aromatic heterocycles. The van der Waals surface area contributed by atoms with Crippen molar-refractivity contribution in [3.63, 3.8) is 0 Å². The predicted octanol–water partition coefficient (Wildman–Crippen LogP) is 3.68. The van der Waals surface area contributed by atoms with Crippen molar-refractivity contribution in [2.24, 2.45) is 0 Å². The van der Waals surface area contributed by atoms with E-state index in [9.17, 15) is 0 Å². The normalized spacial score (nSPS) is 11.1. The molecule has 18 heavy (non-hydrogen) atoms. The van der Waals surface area contributed by atoms with Gasteiger partial charge >= 0.3 is 0 Å². The van der Waals surface area contributed by atoms with Crippen molar-refractivity contribution in [2.45, 2.75) is 18.4 Å². The van der Waals surface area contributed by atoms with Gasteiger partial charge in [0.2, 0.25) is 0 Å². The largest absolute Gasteiger partial charge is 0.300 e. The fraction of sp³-hybridized carbons (Fsp3) is 0.357. The molecule has 0 fully saturated rings. The van der Waals surface area contributed by atoms with E-state index in [0.717, 1.165) is 23.8 Å². The standard InChI is InChI=1S/C14H18N2S2/c1-12-15-13(11-18-12)10-16(2)8-9-17-14-6-4-3-5-7-14/h3-7,11H,8-10H2,1-2H3. The van der Waals surface area contributed by atoms with E-state index in [1.807, 2.05) is 11.8 Å². The van der Waals surface area contributed by atoms with Crippen molar-refractivity contribution >= 4 is 23.1 Å². The quantitative estimate of drug-likeness (QED) is 0.750. The van der Waals surface area contributed by atoms with E-state index in [-0.39, 0.29) is 0 Å². The Hall–Kier alpha value is -0.840. The highest BCUT2D eigenvalue weighted by molar-refractivity contribution is 7.99. The molecule has 0 saturated heterocycles. The number of hydrogen-bond donors (Lipinski definition) is 0. The average Bonchev–Trinajstić information content (AvgIpc) is 2.76. The van der Waals surface area contributed by atoms with E-state index in [1.165, 1.54) is 10.6 Å². The summed E-state index contributed by atoms with van der Waals surface area (Å²) in [6.07, 6.45) is 0. The Bertz CT molecular complexity index is 468. The molecule has 0 unspecified atom stereocenters. The molecule has 2 aromatic rings. The van der Waals surface area contributed by atoms with Crippen molar-refractivity contribution in [1.82, 2.24) is 9.88 Å². The molecule has 0 N–H and O–H groups in total. The number of thiazole rings is 1. The smallest absolute Gasteiger partial charge is 0.0897 e. The predicted molar refractivity (Wildman–Crippen MR) is 80.4 cm³/mol. The second-order valence-corrected chi connectivity index (χ2v) is 6.49. The van der Waals surface area contributed by atoms with Crippen LogP contribution in [0.4, 0.5) is 0 Å². The maximum atomic E-state index is 4.49. The zero-order valence-electron chi connectivity index (χ0n) is 10.8. The molecule has 1 aromatic carbocycles. The first-order chi connectivity index (χ1) is 8.74. The van der Waals surface area contributed by atoms with Gasteiger partial charge < -0.3 is 0 Å². The topological polar surface area (TPSA) is 16.1 Å². The minimum Gasteiger partial charge on any atom is -0.300 e. The summed E-state index contributed by atoms with van der Waals surface area (Å²) in [4.78, 5) is 8.15. The van der Waals surface area contributed by atoms with E-state index in [4.69, 9.17) is 0 Å². The Morgan fingerprint density at radius 2 is 2.06 bits per heavy atom. The molecule has 0 bridgehead atoms. The van der Waals surface area contributed by atoms with Crippen LogP contribution in [0.15, 0.2) is 40.6 Å². The summed E-state index contributed by atoms with van der Waals surface area (Å²) in [6, 6.07) is 10.6. The molecule has 0 radical (unpaired) electrons. The lowest BCUT2D eigenvalue weighted by atomic mass is 10.4. The average molecular weight is 278 g/mol. The van der Waals surface area contributed by atoms with Gasteiger partial charge in [-0.1, -0.05) is 18.2 Å². The van der Waals surface area contributed by atoms with Crippen LogP contribution in [0.3, 0.4) is 0 Å². The minimum atomic E-state index is 0.944. The van der Waals surface area contributed by atoms with Crippen LogP contribution >= 0.6 is 23.1 Å². The van der Waals surface area contributed by atoms with Gasteiger partial charge in [-0.05, 0) is 26.1 Å². The van der Waals surface area contributed by atoms with Crippen LogP contribution in [0.2, 0.25) is 0 Å². The Morgan fingerprint density at radius 3 is 2.72 bits per heavy atom. The van der Waals surface area contributed by atoms with Crippen LogP contribution in [0.1, 0.15) is 10.7 Å². The molecule has 96 valence electrons. The van der Waals surface area contributed by atoms with Gasteiger partial charge in [0.25, 0.3) is 0 Å². The summed E-state index contributed by atoms with van der Waals surface area (Å²) >= 11 is 3.63. The summed E-state index contributed by atoms with van der Waals surface area (Å²) < 4.78 is 0. The van der Waals surface area contributed by atoms with Gasteiger partial charge in [0.15, 0.2) is 0 Å². The second-order valence-electron chi connectivity index (χ2n) is 4.26. The van der Waals surface area contributed by atoms with Crippen LogP contribution in [-0.4, -0.2) is 29.2 Å². The lowest BCUT2D eigenvalue weighted by Gasteiger charge is -2.14. The Morgan fingerprint density at radius 1 is 1.28 bits per heavy atom. The number of thioether (sulfide) groups is 1. The molecule has 2 rings (SSSR count). The van der Waals surface area contributed by atoms with Gasteiger partial charge in [0.05, 0.1) is 10.7 Å². The first kappa shape index (κ1) is 13.6. The summed E-state index contributed by atoms with van der Waals surface area (Å²) in [7, 11) is 2.15. The molecule has 0 spiro atoms. The fourth-order valence-corrected chi connectivity index (χ4v) is 3.26. The number of aromatic nitrogens is 1. The molecule has 0 saturated carbocycles. The van der Waals surface area contributed by atoms with Crippen LogP contribution in [0, 0.1) is 6.92 Å². The van der Waals surface area contributed by atoms with Gasteiger partial charge in [-0.25, -0.2) is 4.98 Å². The molecule has 0 aliphatic heterocycles. The van der Waals surface area contributed by atoms with Crippen LogP contribution in [0.5, 0.6) is 0 Å². The Balaban J connectivity index is 1.70. The highest BCUT2D eigenvalue weighted by Gasteiger charge is 2.03. The fourth-order valence-electron chi connectivity index (χ4n) is 1.67. The van der Waals surface area contributed by atoms with E-state index in [2.05, 4.69) is 59.6 Å². The highest BCUT2D eigenvalue weighted by atomic mass is 32.2. The molecule has 0 atom stereocenters. The van der Waals surface area contributed by atoms with Gasteiger partial charge in [-0.15, -0.1) is 23.1 Å². The van der Waals surface area contributed by atoms with E-state index < -0.39 is 0 Å². The number of rotatable bonds is 6. The summed E-state index contributed by atoms with van der Waals surface area (Å²) in [5.41, 5.74) is 1.18. The lowest BCUT2D eigenvalue weighted by Crippen LogP contribution is -2.20. The number of hydrogen-bond acceptors (Lipinski definition) is 4. The maximum Gasteiger partial charge on any atom is 0.0897 e. The van der Waals surface area contributed by atoms with Crippen LogP contribution in [-0.2, 0) is 6.54 Å². The van der Waals surface area contributed by atoms with Gasteiger partial charge in [0.1, 0.15) is 0 Å². The first-order valence-electron chi connectivity index (χ1n) is 6.01. The molecule has 1 heterocycles.